The molecular weight excluding hydrogens is 258 g/mol. The van der Waals surface area contributed by atoms with Crippen LogP contribution in [-0.2, 0) is 4.79 Å². The molecule has 0 spiro atoms. The zero-order chi connectivity index (χ0) is 15.3. The molecule has 116 valence electrons. The van der Waals surface area contributed by atoms with Crippen LogP contribution in [0.5, 0.6) is 0 Å². The zero-order valence-electron chi connectivity index (χ0n) is 12.9. The van der Waals surface area contributed by atoms with Crippen molar-refractivity contribution < 1.29 is 14.7 Å². The number of carbonyl (C=O) groups excluding carboxylic acids is 1. The van der Waals surface area contributed by atoms with Gasteiger partial charge < -0.3 is 20.2 Å². The molecule has 1 heterocycles. The minimum absolute atomic E-state index is 0.123. The molecule has 6 heteroatoms. The Morgan fingerprint density at radius 3 is 2.45 bits per heavy atom. The van der Waals surface area contributed by atoms with E-state index in [1.54, 1.807) is 0 Å². The Morgan fingerprint density at radius 1 is 1.35 bits per heavy atom. The topological polar surface area (TPSA) is 72.9 Å². The van der Waals surface area contributed by atoms with E-state index in [1.807, 2.05) is 13.8 Å². The second kappa shape index (κ2) is 7.47. The molecule has 2 N–H and O–H groups in total. The minimum Gasteiger partial charge on any atom is -0.480 e. The van der Waals surface area contributed by atoms with Gasteiger partial charge in [0.15, 0.2) is 0 Å². The number of hydrogen-bond acceptors (Lipinski definition) is 3. The third-order valence-electron chi connectivity index (χ3n) is 3.78. The summed E-state index contributed by atoms with van der Waals surface area (Å²) in [6.45, 7) is 10.4. The summed E-state index contributed by atoms with van der Waals surface area (Å²) in [4.78, 5) is 26.5. The first-order chi connectivity index (χ1) is 9.31. The summed E-state index contributed by atoms with van der Waals surface area (Å²) >= 11 is 0. The average Bonchev–Trinajstić information content (AvgIpc) is 2.81. The summed E-state index contributed by atoms with van der Waals surface area (Å²) in [6, 6.07) is 0.127. The molecule has 1 rings (SSSR count). The molecule has 1 aliphatic heterocycles. The zero-order valence-corrected chi connectivity index (χ0v) is 12.9. The molecule has 2 amide bonds. The van der Waals surface area contributed by atoms with E-state index in [1.165, 1.54) is 4.90 Å². The van der Waals surface area contributed by atoms with Crippen LogP contribution in [-0.4, -0.2) is 65.2 Å². The molecule has 1 atom stereocenters. The first-order valence-corrected chi connectivity index (χ1v) is 7.31. The van der Waals surface area contributed by atoms with Gasteiger partial charge in [-0.2, -0.15) is 0 Å². The molecule has 1 fully saturated rings. The maximum atomic E-state index is 12.0. The number of hydrogen-bond donors (Lipinski definition) is 2. The van der Waals surface area contributed by atoms with E-state index in [0.29, 0.717) is 18.5 Å². The predicted octanol–water partition coefficient (Wildman–Crippen LogP) is 1.22. The lowest BCUT2D eigenvalue weighted by Gasteiger charge is -2.26. The summed E-state index contributed by atoms with van der Waals surface area (Å²) in [7, 11) is 0. The lowest BCUT2D eigenvalue weighted by molar-refractivity contribution is -0.138. The van der Waals surface area contributed by atoms with Gasteiger partial charge in [0.25, 0.3) is 0 Å². The number of amides is 2. The monoisotopic (exact) mass is 285 g/mol. The number of nitrogens with zero attached hydrogens (tertiary/aromatic N) is 2. The number of likely N-dealkylation sites (tertiary alicyclic amines) is 1. The molecule has 0 saturated carbocycles. The van der Waals surface area contributed by atoms with Crippen LogP contribution in [0.25, 0.3) is 0 Å². The van der Waals surface area contributed by atoms with E-state index < -0.39 is 5.97 Å². The number of carboxylic acids is 1. The van der Waals surface area contributed by atoms with Crippen molar-refractivity contribution >= 4 is 12.0 Å². The Balaban J connectivity index is 2.40. The largest absolute Gasteiger partial charge is 0.480 e. The van der Waals surface area contributed by atoms with Gasteiger partial charge in [-0.15, -0.1) is 0 Å². The first-order valence-electron chi connectivity index (χ1n) is 7.31. The summed E-state index contributed by atoms with van der Waals surface area (Å²) in [5, 5.41) is 11.7. The number of aliphatic carboxylic acids is 1. The standard InChI is InChI=1S/C14H27N3O3/c1-10(2)16-6-5-12(8-16)7-15-14(20)17(11(3)4)9-13(18)19/h10-12H,5-9H2,1-4H3,(H,15,20)(H,18,19). The van der Waals surface area contributed by atoms with Gasteiger partial charge in [0.1, 0.15) is 6.54 Å². The third-order valence-corrected chi connectivity index (χ3v) is 3.78. The van der Waals surface area contributed by atoms with Crippen molar-refractivity contribution in [1.29, 1.82) is 0 Å². The van der Waals surface area contributed by atoms with Gasteiger partial charge in [-0.1, -0.05) is 0 Å². The highest BCUT2D eigenvalue weighted by Crippen LogP contribution is 2.17. The van der Waals surface area contributed by atoms with Crippen LogP contribution in [0.2, 0.25) is 0 Å². The molecule has 6 nitrogen and oxygen atoms in total. The van der Waals surface area contributed by atoms with Crippen LogP contribution < -0.4 is 5.32 Å². The van der Waals surface area contributed by atoms with Gasteiger partial charge in [0, 0.05) is 25.2 Å². The van der Waals surface area contributed by atoms with Gasteiger partial charge in [-0.3, -0.25) is 4.79 Å². The highest BCUT2D eigenvalue weighted by molar-refractivity contribution is 5.80. The summed E-state index contributed by atoms with van der Waals surface area (Å²) in [6.07, 6.45) is 1.08. The van der Waals surface area contributed by atoms with Gasteiger partial charge in [-0.25, -0.2) is 4.79 Å². The average molecular weight is 285 g/mol. The number of carbonyl (C=O) groups is 2. The van der Waals surface area contributed by atoms with E-state index >= 15 is 0 Å². The van der Waals surface area contributed by atoms with E-state index in [0.717, 1.165) is 19.5 Å². The first kappa shape index (κ1) is 16.8. The van der Waals surface area contributed by atoms with Crippen molar-refractivity contribution in [2.75, 3.05) is 26.2 Å². The second-order valence-corrected chi connectivity index (χ2v) is 6.04. The summed E-state index contributed by atoms with van der Waals surface area (Å²) in [5.74, 6) is -0.527. The van der Waals surface area contributed by atoms with Crippen molar-refractivity contribution in [3.05, 3.63) is 0 Å². The van der Waals surface area contributed by atoms with Crippen LogP contribution >= 0.6 is 0 Å². The van der Waals surface area contributed by atoms with Gasteiger partial charge in [0.2, 0.25) is 0 Å². The Kier molecular flexibility index (Phi) is 6.26. The molecule has 0 radical (unpaired) electrons. The van der Waals surface area contributed by atoms with Gasteiger partial charge in [-0.05, 0) is 46.6 Å². The van der Waals surface area contributed by atoms with E-state index in [4.69, 9.17) is 5.11 Å². The van der Waals surface area contributed by atoms with Crippen LogP contribution in [0.3, 0.4) is 0 Å². The molecule has 0 aliphatic carbocycles. The number of carboxylic acid groups (broad SMARTS) is 1. The molecule has 0 aromatic carbocycles. The fourth-order valence-electron chi connectivity index (χ4n) is 2.47. The molecule has 0 aromatic heterocycles. The van der Waals surface area contributed by atoms with Crippen LogP contribution in [0, 0.1) is 5.92 Å². The van der Waals surface area contributed by atoms with Crippen molar-refractivity contribution in [2.45, 2.75) is 46.2 Å². The molecular formula is C14H27N3O3. The lowest BCUT2D eigenvalue weighted by Crippen LogP contribution is -2.47. The van der Waals surface area contributed by atoms with Crippen molar-refractivity contribution in [3.63, 3.8) is 0 Å². The summed E-state index contributed by atoms with van der Waals surface area (Å²) in [5.41, 5.74) is 0. The van der Waals surface area contributed by atoms with Gasteiger partial charge >= 0.3 is 12.0 Å². The normalized spacial score (nSPS) is 19.6. The molecule has 20 heavy (non-hydrogen) atoms. The Hall–Kier alpha value is -1.30. The Labute approximate surface area is 121 Å². The maximum absolute atomic E-state index is 12.0. The van der Waals surface area contributed by atoms with Crippen molar-refractivity contribution in [2.24, 2.45) is 5.92 Å². The Bertz CT molecular complexity index is 345. The van der Waals surface area contributed by atoms with Crippen molar-refractivity contribution in [3.8, 4) is 0 Å². The third kappa shape index (κ3) is 5.00. The number of urea groups is 1. The molecule has 0 bridgehead atoms. The van der Waals surface area contributed by atoms with E-state index in [-0.39, 0.29) is 18.6 Å². The van der Waals surface area contributed by atoms with E-state index in [2.05, 4.69) is 24.1 Å². The molecule has 1 aliphatic rings. The fourth-order valence-corrected chi connectivity index (χ4v) is 2.47. The predicted molar refractivity (Wildman–Crippen MR) is 77.7 cm³/mol. The smallest absolute Gasteiger partial charge is 0.323 e. The highest BCUT2D eigenvalue weighted by atomic mass is 16.4. The quantitative estimate of drug-likeness (QED) is 0.769. The van der Waals surface area contributed by atoms with Crippen LogP contribution in [0.15, 0.2) is 0 Å². The van der Waals surface area contributed by atoms with Gasteiger partial charge in [0.05, 0.1) is 0 Å². The molecule has 1 unspecified atom stereocenters. The SMILES string of the molecule is CC(C)N1CCC(CNC(=O)N(CC(=O)O)C(C)C)C1. The maximum Gasteiger partial charge on any atom is 0.323 e. The lowest BCUT2D eigenvalue weighted by atomic mass is 10.1. The fraction of sp³-hybridized carbons (Fsp3) is 0.857. The number of rotatable bonds is 6. The number of nitrogens with one attached hydrogen (secondary N) is 1. The van der Waals surface area contributed by atoms with Crippen molar-refractivity contribution in [1.82, 2.24) is 15.1 Å². The Morgan fingerprint density at radius 2 is 2.00 bits per heavy atom. The highest BCUT2D eigenvalue weighted by Gasteiger charge is 2.26. The van der Waals surface area contributed by atoms with Crippen LogP contribution in [0.1, 0.15) is 34.1 Å². The van der Waals surface area contributed by atoms with Crippen LogP contribution in [0.4, 0.5) is 4.79 Å². The molecule has 1 saturated heterocycles. The summed E-state index contributed by atoms with van der Waals surface area (Å²) < 4.78 is 0. The van der Waals surface area contributed by atoms with E-state index in [9.17, 15) is 9.59 Å². The molecule has 0 aromatic rings. The second-order valence-electron chi connectivity index (χ2n) is 6.04. The minimum atomic E-state index is -0.985.